The number of aromatic nitrogens is 5. The van der Waals surface area contributed by atoms with Crippen LogP contribution in [0.1, 0.15) is 10.6 Å². The summed E-state index contributed by atoms with van der Waals surface area (Å²) in [6.45, 7) is 0. The minimum absolute atomic E-state index is 0.659. The molecule has 0 saturated carbocycles. The lowest BCUT2D eigenvalue weighted by Gasteiger charge is -1.93. The quantitative estimate of drug-likeness (QED) is 0.582. The Kier molecular flexibility index (Phi) is 3.21. The minimum Gasteiger partial charge on any atom is -0.253 e. The Morgan fingerprint density at radius 1 is 0.909 bits per heavy atom. The van der Waals surface area contributed by atoms with Gasteiger partial charge in [0.1, 0.15) is 10.7 Å². The third kappa shape index (κ3) is 2.40. The van der Waals surface area contributed by atoms with E-state index in [1.54, 1.807) is 10.7 Å². The molecule has 0 unspecified atom stereocenters. The summed E-state index contributed by atoms with van der Waals surface area (Å²) in [5, 5.41) is 13.8. The lowest BCUT2D eigenvalue weighted by Crippen LogP contribution is -1.92. The average molecular weight is 305 g/mol. The standard InChI is InChI=1S/C16H11N5S/c1-2-6-12(7-3-1)9-10-14-20-21-15(18-19-16(21)22-14)13-8-4-5-11-17-13/h1-11H. The van der Waals surface area contributed by atoms with Crippen molar-refractivity contribution in [3.05, 3.63) is 65.3 Å². The molecule has 3 heterocycles. The number of pyridine rings is 1. The van der Waals surface area contributed by atoms with E-state index in [-0.39, 0.29) is 0 Å². The van der Waals surface area contributed by atoms with Gasteiger partial charge < -0.3 is 0 Å². The molecule has 106 valence electrons. The van der Waals surface area contributed by atoms with E-state index < -0.39 is 0 Å². The van der Waals surface area contributed by atoms with E-state index in [2.05, 4.69) is 32.4 Å². The molecule has 22 heavy (non-hydrogen) atoms. The maximum Gasteiger partial charge on any atom is 0.235 e. The van der Waals surface area contributed by atoms with Crippen LogP contribution in [-0.4, -0.2) is 24.8 Å². The molecule has 0 N–H and O–H groups in total. The van der Waals surface area contributed by atoms with Crippen molar-refractivity contribution in [2.75, 3.05) is 0 Å². The molecule has 0 spiro atoms. The Morgan fingerprint density at radius 3 is 2.59 bits per heavy atom. The van der Waals surface area contributed by atoms with E-state index in [4.69, 9.17) is 0 Å². The minimum atomic E-state index is 0.659. The molecular formula is C16H11N5S. The molecule has 0 fully saturated rings. The maximum atomic E-state index is 4.55. The van der Waals surface area contributed by atoms with Gasteiger partial charge in [-0.3, -0.25) is 4.98 Å². The van der Waals surface area contributed by atoms with Crippen LogP contribution >= 0.6 is 11.3 Å². The molecule has 0 amide bonds. The molecule has 0 saturated heterocycles. The highest BCUT2D eigenvalue weighted by Gasteiger charge is 2.12. The number of hydrogen-bond acceptors (Lipinski definition) is 5. The molecule has 4 aromatic rings. The second kappa shape index (κ2) is 5.50. The highest BCUT2D eigenvalue weighted by Crippen LogP contribution is 2.21. The zero-order chi connectivity index (χ0) is 14.8. The van der Waals surface area contributed by atoms with Crippen molar-refractivity contribution in [1.82, 2.24) is 24.8 Å². The molecule has 0 bridgehead atoms. The third-order valence-corrected chi connectivity index (χ3v) is 3.98. The van der Waals surface area contributed by atoms with Crippen LogP contribution in [0.4, 0.5) is 0 Å². The molecule has 5 nitrogen and oxygen atoms in total. The summed E-state index contributed by atoms with van der Waals surface area (Å²) in [6.07, 6.45) is 5.75. The van der Waals surface area contributed by atoms with Crippen molar-refractivity contribution < 1.29 is 0 Å². The van der Waals surface area contributed by atoms with Crippen molar-refractivity contribution in [2.45, 2.75) is 0 Å². The van der Waals surface area contributed by atoms with Gasteiger partial charge in [-0.05, 0) is 23.8 Å². The van der Waals surface area contributed by atoms with Crippen molar-refractivity contribution in [3.8, 4) is 11.5 Å². The van der Waals surface area contributed by atoms with Crippen molar-refractivity contribution in [2.24, 2.45) is 0 Å². The molecule has 0 radical (unpaired) electrons. The summed E-state index contributed by atoms with van der Waals surface area (Å²) >= 11 is 1.50. The number of nitrogens with zero attached hydrogens (tertiary/aromatic N) is 5. The first-order valence-corrected chi connectivity index (χ1v) is 7.58. The largest absolute Gasteiger partial charge is 0.253 e. The van der Waals surface area contributed by atoms with E-state index in [9.17, 15) is 0 Å². The van der Waals surface area contributed by atoms with Crippen LogP contribution < -0.4 is 0 Å². The van der Waals surface area contributed by atoms with Gasteiger partial charge in [0, 0.05) is 6.20 Å². The Bertz CT molecular complexity index is 925. The molecule has 4 rings (SSSR count). The number of rotatable bonds is 3. The van der Waals surface area contributed by atoms with Gasteiger partial charge in [0.15, 0.2) is 0 Å². The predicted molar refractivity (Wildman–Crippen MR) is 87.3 cm³/mol. The summed E-state index contributed by atoms with van der Waals surface area (Å²) < 4.78 is 1.73. The molecule has 6 heteroatoms. The number of fused-ring (bicyclic) bond motifs is 1. The van der Waals surface area contributed by atoms with Gasteiger partial charge in [0.25, 0.3) is 0 Å². The van der Waals surface area contributed by atoms with Crippen LogP contribution in [0.3, 0.4) is 0 Å². The lowest BCUT2D eigenvalue weighted by atomic mass is 10.2. The van der Waals surface area contributed by atoms with Gasteiger partial charge in [-0.25, -0.2) is 0 Å². The fourth-order valence-corrected chi connectivity index (χ4v) is 2.83. The van der Waals surface area contributed by atoms with E-state index in [1.807, 2.05) is 48.6 Å². The molecule has 1 aromatic carbocycles. The second-order valence-corrected chi connectivity index (χ2v) is 5.60. The topological polar surface area (TPSA) is 56.0 Å². The van der Waals surface area contributed by atoms with Gasteiger partial charge >= 0.3 is 0 Å². The summed E-state index contributed by atoms with van der Waals surface area (Å²) in [4.78, 5) is 5.06. The first kappa shape index (κ1) is 12.8. The molecule has 0 aliphatic heterocycles. The van der Waals surface area contributed by atoms with Crippen LogP contribution in [0.2, 0.25) is 0 Å². The first-order valence-electron chi connectivity index (χ1n) is 6.77. The zero-order valence-electron chi connectivity index (χ0n) is 11.5. The van der Waals surface area contributed by atoms with Crippen molar-refractivity contribution in [1.29, 1.82) is 0 Å². The highest BCUT2D eigenvalue weighted by atomic mass is 32.1. The van der Waals surface area contributed by atoms with Gasteiger partial charge in [-0.1, -0.05) is 53.8 Å². The van der Waals surface area contributed by atoms with Gasteiger partial charge in [0.05, 0.1) is 0 Å². The zero-order valence-corrected chi connectivity index (χ0v) is 12.3. The summed E-state index contributed by atoms with van der Waals surface area (Å²) in [7, 11) is 0. The van der Waals surface area contributed by atoms with E-state index in [0.717, 1.165) is 21.2 Å². The van der Waals surface area contributed by atoms with Crippen LogP contribution in [0.15, 0.2) is 54.7 Å². The Balaban J connectivity index is 1.70. The Morgan fingerprint density at radius 2 is 1.77 bits per heavy atom. The van der Waals surface area contributed by atoms with Crippen molar-refractivity contribution >= 4 is 28.4 Å². The Hall–Kier alpha value is -2.86. The normalized spacial score (nSPS) is 11.5. The summed E-state index contributed by atoms with van der Waals surface area (Å²) in [5.41, 5.74) is 1.90. The van der Waals surface area contributed by atoms with Crippen LogP contribution in [0, 0.1) is 0 Å². The first-order chi connectivity index (χ1) is 10.9. The lowest BCUT2D eigenvalue weighted by molar-refractivity contribution is 0.951. The fourth-order valence-electron chi connectivity index (χ4n) is 2.09. The highest BCUT2D eigenvalue weighted by molar-refractivity contribution is 7.17. The smallest absolute Gasteiger partial charge is 0.235 e. The summed E-state index contributed by atoms with van der Waals surface area (Å²) in [6, 6.07) is 15.8. The van der Waals surface area contributed by atoms with Crippen LogP contribution in [-0.2, 0) is 0 Å². The Labute approximate surface area is 130 Å². The molecular weight excluding hydrogens is 294 g/mol. The van der Waals surface area contributed by atoms with Crippen LogP contribution in [0.25, 0.3) is 28.6 Å². The second-order valence-electron chi connectivity index (χ2n) is 4.62. The molecule has 0 aliphatic carbocycles. The van der Waals surface area contributed by atoms with Gasteiger partial charge in [0.2, 0.25) is 10.8 Å². The SMILES string of the molecule is C(=Cc1nn2c(-c3ccccn3)nnc2s1)c1ccccc1. The number of benzene rings is 1. The molecule has 3 aromatic heterocycles. The van der Waals surface area contributed by atoms with E-state index in [0.29, 0.717) is 5.82 Å². The summed E-state index contributed by atoms with van der Waals surface area (Å²) in [5.74, 6) is 0.659. The third-order valence-electron chi connectivity index (χ3n) is 3.12. The maximum absolute atomic E-state index is 4.55. The van der Waals surface area contributed by atoms with Crippen LogP contribution in [0.5, 0.6) is 0 Å². The van der Waals surface area contributed by atoms with E-state index >= 15 is 0 Å². The monoisotopic (exact) mass is 305 g/mol. The number of hydrogen-bond donors (Lipinski definition) is 0. The molecule has 0 aliphatic rings. The van der Waals surface area contributed by atoms with Gasteiger partial charge in [-0.2, -0.15) is 9.61 Å². The average Bonchev–Trinajstić information content (AvgIpc) is 3.15. The molecule has 0 atom stereocenters. The van der Waals surface area contributed by atoms with Gasteiger partial charge in [-0.15, -0.1) is 10.2 Å². The predicted octanol–water partition coefficient (Wildman–Crippen LogP) is 3.42. The van der Waals surface area contributed by atoms with E-state index in [1.165, 1.54) is 11.3 Å². The van der Waals surface area contributed by atoms with Crippen molar-refractivity contribution in [3.63, 3.8) is 0 Å². The fraction of sp³-hybridized carbons (Fsp3) is 0.